The first kappa shape index (κ1) is 23.9. The molecule has 2 aliphatic heterocycles. The van der Waals surface area contributed by atoms with E-state index in [1.54, 1.807) is 24.3 Å². The van der Waals surface area contributed by atoms with Gasteiger partial charge in [-0.05, 0) is 42.8 Å². The number of rotatable bonds is 8. The van der Waals surface area contributed by atoms with E-state index in [1.807, 2.05) is 29.2 Å². The van der Waals surface area contributed by atoms with Gasteiger partial charge in [-0.25, -0.2) is 8.42 Å². The largest absolute Gasteiger partial charge is 0.494 e. The number of carbonyl (C=O) groups is 1. The van der Waals surface area contributed by atoms with E-state index in [1.165, 1.54) is 11.8 Å². The second-order valence-corrected chi connectivity index (χ2v) is 11.7. The van der Waals surface area contributed by atoms with Crippen LogP contribution in [0.1, 0.15) is 19.8 Å². The van der Waals surface area contributed by atoms with Crippen LogP contribution in [0.3, 0.4) is 0 Å². The molecular formula is C23H25ClN2O5S2. The molecule has 0 aromatic heterocycles. The molecule has 10 heteroatoms. The molecule has 2 aromatic rings. The van der Waals surface area contributed by atoms with Crippen molar-refractivity contribution >= 4 is 50.0 Å². The highest BCUT2D eigenvalue weighted by Crippen LogP contribution is 2.41. The molecule has 2 atom stereocenters. The predicted octanol–water partition coefficient (Wildman–Crippen LogP) is 4.20. The van der Waals surface area contributed by atoms with Crippen LogP contribution >= 0.6 is 23.4 Å². The molecule has 0 radical (unpaired) electrons. The number of nitrogens with zero attached hydrogens (tertiary/aromatic N) is 2. The fraction of sp³-hybridized carbons (Fsp3) is 0.391. The lowest BCUT2D eigenvalue weighted by atomic mass is 10.2. The van der Waals surface area contributed by atoms with Gasteiger partial charge in [0.25, 0.3) is 5.91 Å². The van der Waals surface area contributed by atoms with E-state index < -0.39 is 15.7 Å². The van der Waals surface area contributed by atoms with Crippen LogP contribution in [0.2, 0.25) is 5.02 Å². The maximum absolute atomic E-state index is 12.6. The molecule has 2 aromatic carbocycles. The van der Waals surface area contributed by atoms with Gasteiger partial charge in [0, 0.05) is 22.0 Å². The number of thioether (sulfide) groups is 1. The number of hydrogen-bond acceptors (Lipinski definition) is 6. The summed E-state index contributed by atoms with van der Waals surface area (Å²) in [6.07, 6.45) is 1.97. The van der Waals surface area contributed by atoms with Crippen molar-refractivity contribution in [1.82, 2.24) is 0 Å². The Balaban J connectivity index is 1.54. The number of amides is 1. The molecule has 0 N–H and O–H groups in total. The van der Waals surface area contributed by atoms with Crippen molar-refractivity contribution in [3.8, 4) is 11.5 Å². The van der Waals surface area contributed by atoms with Crippen LogP contribution in [0.25, 0.3) is 0 Å². The molecule has 2 fully saturated rings. The number of aliphatic imine (C=N–C) groups is 1. The van der Waals surface area contributed by atoms with Crippen LogP contribution in [0, 0.1) is 0 Å². The smallest absolute Gasteiger partial charge is 0.285 e. The third kappa shape index (κ3) is 6.02. The van der Waals surface area contributed by atoms with Gasteiger partial charge in [0.2, 0.25) is 0 Å². The predicted molar refractivity (Wildman–Crippen MR) is 133 cm³/mol. The Bertz CT molecular complexity index is 1140. The summed E-state index contributed by atoms with van der Waals surface area (Å²) < 4.78 is 35.9. The van der Waals surface area contributed by atoms with Crippen LogP contribution in [0.15, 0.2) is 53.5 Å². The minimum absolute atomic E-state index is 0.0278. The highest BCUT2D eigenvalue weighted by molar-refractivity contribution is 8.16. The van der Waals surface area contributed by atoms with Crippen LogP contribution in [-0.4, -0.2) is 55.5 Å². The third-order valence-electron chi connectivity index (χ3n) is 5.33. The van der Waals surface area contributed by atoms with Gasteiger partial charge in [-0.1, -0.05) is 42.8 Å². The summed E-state index contributed by atoms with van der Waals surface area (Å²) in [5, 5.41) is 0.882. The van der Waals surface area contributed by atoms with Gasteiger partial charge in [-0.15, -0.1) is 0 Å². The zero-order valence-electron chi connectivity index (χ0n) is 18.1. The van der Waals surface area contributed by atoms with Crippen molar-refractivity contribution < 1.29 is 22.7 Å². The summed E-state index contributed by atoms with van der Waals surface area (Å²) in [5.41, 5.74) is 0.756. The van der Waals surface area contributed by atoms with Crippen LogP contribution < -0.4 is 14.4 Å². The van der Waals surface area contributed by atoms with Gasteiger partial charge in [-0.2, -0.15) is 4.99 Å². The Hall–Kier alpha value is -2.23. The number of ether oxygens (including phenoxy) is 2. The molecule has 0 saturated carbocycles. The van der Waals surface area contributed by atoms with E-state index in [4.69, 9.17) is 21.1 Å². The molecule has 0 spiro atoms. The van der Waals surface area contributed by atoms with E-state index in [-0.39, 0.29) is 29.4 Å². The normalized spacial score (nSPS) is 22.4. The van der Waals surface area contributed by atoms with Crippen molar-refractivity contribution in [3.63, 3.8) is 0 Å². The number of unbranched alkanes of at least 4 members (excludes halogenated alkanes) is 1. The second kappa shape index (κ2) is 10.4. The summed E-state index contributed by atoms with van der Waals surface area (Å²) in [4.78, 5) is 18.7. The van der Waals surface area contributed by atoms with Crippen LogP contribution in [-0.2, 0) is 14.6 Å². The second-order valence-electron chi connectivity index (χ2n) is 7.90. The van der Waals surface area contributed by atoms with E-state index in [2.05, 4.69) is 11.9 Å². The molecule has 33 heavy (non-hydrogen) atoms. The summed E-state index contributed by atoms with van der Waals surface area (Å²) in [5.74, 6) is 0.867. The van der Waals surface area contributed by atoms with E-state index >= 15 is 0 Å². The Labute approximate surface area is 203 Å². The third-order valence-corrected chi connectivity index (χ3v) is 8.79. The van der Waals surface area contributed by atoms with Gasteiger partial charge >= 0.3 is 0 Å². The Kier molecular flexibility index (Phi) is 7.51. The number of sulfone groups is 1. The number of halogens is 1. The molecular weight excluding hydrogens is 484 g/mol. The molecule has 2 heterocycles. The average molecular weight is 509 g/mol. The Morgan fingerprint density at radius 3 is 2.70 bits per heavy atom. The van der Waals surface area contributed by atoms with E-state index in [9.17, 15) is 13.2 Å². The molecule has 4 rings (SSSR count). The first-order valence-corrected chi connectivity index (χ1v) is 13.8. The number of anilines is 1. The van der Waals surface area contributed by atoms with E-state index in [0.717, 1.165) is 18.5 Å². The average Bonchev–Trinajstić information content (AvgIpc) is 3.24. The molecule has 176 valence electrons. The summed E-state index contributed by atoms with van der Waals surface area (Å²) >= 11 is 7.20. The maximum Gasteiger partial charge on any atom is 0.285 e. The van der Waals surface area contributed by atoms with Gasteiger partial charge in [0.05, 0.1) is 24.2 Å². The quantitative estimate of drug-likeness (QED) is 0.494. The van der Waals surface area contributed by atoms with Crippen molar-refractivity contribution in [2.45, 2.75) is 31.1 Å². The lowest BCUT2D eigenvalue weighted by Gasteiger charge is -2.25. The van der Waals surface area contributed by atoms with Crippen LogP contribution in [0.4, 0.5) is 5.69 Å². The van der Waals surface area contributed by atoms with Gasteiger partial charge in [0.1, 0.15) is 11.5 Å². The zero-order valence-corrected chi connectivity index (χ0v) is 20.5. The van der Waals surface area contributed by atoms with Crippen molar-refractivity contribution in [2.75, 3.05) is 29.6 Å². The van der Waals surface area contributed by atoms with Crippen LogP contribution in [0.5, 0.6) is 11.5 Å². The Morgan fingerprint density at radius 2 is 1.94 bits per heavy atom. The number of benzene rings is 2. The molecule has 0 bridgehead atoms. The molecule has 2 saturated heterocycles. The number of hydrogen-bond donors (Lipinski definition) is 0. The molecule has 0 aliphatic carbocycles. The zero-order chi connectivity index (χ0) is 23.4. The van der Waals surface area contributed by atoms with Gasteiger partial charge < -0.3 is 14.4 Å². The lowest BCUT2D eigenvalue weighted by molar-refractivity contribution is -0.119. The Morgan fingerprint density at radius 1 is 1.15 bits per heavy atom. The fourth-order valence-electron chi connectivity index (χ4n) is 3.74. The first-order valence-electron chi connectivity index (χ1n) is 10.7. The number of fused-ring (bicyclic) bond motifs is 1. The molecule has 0 unspecified atom stereocenters. The van der Waals surface area contributed by atoms with Gasteiger partial charge in [-0.3, -0.25) is 4.79 Å². The summed E-state index contributed by atoms with van der Waals surface area (Å²) in [6, 6.07) is 13.9. The minimum atomic E-state index is -3.14. The van der Waals surface area contributed by atoms with Crippen molar-refractivity contribution in [1.29, 1.82) is 0 Å². The van der Waals surface area contributed by atoms with E-state index in [0.29, 0.717) is 28.3 Å². The molecule has 2 aliphatic rings. The standard InChI is InChI=1S/C23H25ClN2O5S2/c1-2-3-11-30-19-6-4-5-17(12-19)26-20-14-33(28,29)15-21(20)32-23(26)25-22(27)13-31-18-9-7-16(24)8-10-18/h4-10,12,20-21H,2-3,11,13-15H2,1H3/t20-,21+/m0/s1. The number of amidine groups is 1. The highest BCUT2D eigenvalue weighted by atomic mass is 35.5. The number of carbonyl (C=O) groups excluding carboxylic acids is 1. The van der Waals surface area contributed by atoms with Crippen molar-refractivity contribution in [3.05, 3.63) is 53.6 Å². The monoisotopic (exact) mass is 508 g/mol. The highest BCUT2D eigenvalue weighted by Gasteiger charge is 2.49. The molecule has 1 amide bonds. The topological polar surface area (TPSA) is 85.3 Å². The SMILES string of the molecule is CCCCOc1cccc(N2C(=NC(=O)COc3ccc(Cl)cc3)S[C@@H]3CS(=O)(=O)C[C@@H]32)c1. The summed E-state index contributed by atoms with van der Waals surface area (Å²) in [7, 11) is -3.14. The summed E-state index contributed by atoms with van der Waals surface area (Å²) in [6.45, 7) is 2.47. The maximum atomic E-state index is 12.6. The molecule has 7 nitrogen and oxygen atoms in total. The first-order chi connectivity index (χ1) is 15.8. The fourth-order valence-corrected chi connectivity index (χ4v) is 7.80. The van der Waals surface area contributed by atoms with Gasteiger partial charge in [0.15, 0.2) is 21.6 Å². The van der Waals surface area contributed by atoms with Crippen molar-refractivity contribution in [2.24, 2.45) is 4.99 Å². The lowest BCUT2D eigenvalue weighted by Crippen LogP contribution is -2.37. The minimum Gasteiger partial charge on any atom is -0.494 e.